The van der Waals surface area contributed by atoms with E-state index in [-0.39, 0.29) is 11.3 Å². The molecule has 1 N–H and O–H groups in total. The van der Waals surface area contributed by atoms with Crippen molar-refractivity contribution >= 4 is 23.2 Å². The maximum atomic E-state index is 12.8. The number of amides is 1. The summed E-state index contributed by atoms with van der Waals surface area (Å²) in [5.41, 5.74) is 2.39. The summed E-state index contributed by atoms with van der Waals surface area (Å²) in [4.78, 5) is 17.3. The lowest BCUT2D eigenvalue weighted by Crippen LogP contribution is -2.14. The van der Waals surface area contributed by atoms with E-state index < -0.39 is 0 Å². The molecule has 0 aliphatic rings. The Labute approximate surface area is 157 Å². The Bertz CT molecular complexity index is 958. The minimum Gasteiger partial charge on any atom is -0.334 e. The molecule has 0 aliphatic heterocycles. The molecule has 6 heteroatoms. The maximum Gasteiger partial charge on any atom is 0.258 e. The molecule has 0 bridgehead atoms. The Kier molecular flexibility index (Phi) is 4.83. The van der Waals surface area contributed by atoms with Gasteiger partial charge < -0.3 is 9.84 Å². The van der Waals surface area contributed by atoms with E-state index in [1.165, 1.54) is 0 Å². The summed E-state index contributed by atoms with van der Waals surface area (Å²) in [6.45, 7) is 7.91. The van der Waals surface area contributed by atoms with Crippen LogP contribution >= 0.6 is 11.6 Å². The van der Waals surface area contributed by atoms with Crippen LogP contribution in [0.2, 0.25) is 5.02 Å². The average molecular weight is 370 g/mol. The minimum atomic E-state index is -0.263. The molecule has 1 aromatic heterocycles. The molecule has 3 aromatic rings. The van der Waals surface area contributed by atoms with Crippen molar-refractivity contribution in [2.24, 2.45) is 0 Å². The van der Waals surface area contributed by atoms with Crippen molar-refractivity contribution in [1.29, 1.82) is 0 Å². The van der Waals surface area contributed by atoms with Gasteiger partial charge in [0.05, 0.1) is 11.1 Å². The van der Waals surface area contributed by atoms with Crippen LogP contribution in [0.4, 0.5) is 5.69 Å². The molecule has 0 atom stereocenters. The van der Waals surface area contributed by atoms with Crippen molar-refractivity contribution in [3.63, 3.8) is 0 Å². The minimum absolute atomic E-state index is 0.239. The molecule has 1 amide bonds. The number of nitrogens with zero attached hydrogens (tertiary/aromatic N) is 2. The van der Waals surface area contributed by atoms with Gasteiger partial charge in [-0.05, 0) is 36.8 Å². The molecule has 3 rings (SSSR count). The Balaban J connectivity index is 1.95. The smallest absolute Gasteiger partial charge is 0.258 e. The third-order valence-electron chi connectivity index (χ3n) is 3.95. The summed E-state index contributed by atoms with van der Waals surface area (Å²) in [5.74, 6) is 0.651. The standard InChI is InChI=1S/C20H20ClN3O2/c1-12-9-10-13(21)11-16(12)22-17(25)14-7-5-6-8-15(14)18-23-19(24-26-18)20(2,3)4/h5-11H,1-4H3,(H,22,25). The highest BCUT2D eigenvalue weighted by Crippen LogP contribution is 2.27. The fourth-order valence-electron chi connectivity index (χ4n) is 2.42. The maximum absolute atomic E-state index is 12.8. The normalized spacial score (nSPS) is 11.4. The van der Waals surface area contributed by atoms with Crippen molar-refractivity contribution in [3.8, 4) is 11.5 Å². The van der Waals surface area contributed by atoms with Gasteiger partial charge in [0.2, 0.25) is 0 Å². The van der Waals surface area contributed by atoms with Gasteiger partial charge in [-0.15, -0.1) is 0 Å². The van der Waals surface area contributed by atoms with Crippen LogP contribution in [-0.4, -0.2) is 16.0 Å². The highest BCUT2D eigenvalue weighted by Gasteiger charge is 2.23. The molecule has 0 radical (unpaired) electrons. The molecule has 0 unspecified atom stereocenters. The molecule has 0 saturated heterocycles. The van der Waals surface area contributed by atoms with Crippen LogP contribution in [0.3, 0.4) is 0 Å². The molecule has 2 aromatic carbocycles. The summed E-state index contributed by atoms with van der Waals surface area (Å²) in [5, 5.41) is 7.50. The van der Waals surface area contributed by atoms with Gasteiger partial charge in [0.1, 0.15) is 0 Å². The van der Waals surface area contributed by atoms with Gasteiger partial charge in [-0.3, -0.25) is 4.79 Å². The molecular formula is C20H20ClN3O2. The number of hydrogen-bond acceptors (Lipinski definition) is 4. The average Bonchev–Trinajstić information content (AvgIpc) is 3.08. The number of aromatic nitrogens is 2. The Hall–Kier alpha value is -2.66. The second-order valence-electron chi connectivity index (χ2n) is 7.13. The van der Waals surface area contributed by atoms with Crippen molar-refractivity contribution in [1.82, 2.24) is 10.1 Å². The van der Waals surface area contributed by atoms with Crippen LogP contribution < -0.4 is 5.32 Å². The number of benzene rings is 2. The van der Waals surface area contributed by atoms with Crippen molar-refractivity contribution in [2.75, 3.05) is 5.32 Å². The number of aryl methyl sites for hydroxylation is 1. The van der Waals surface area contributed by atoms with Crippen molar-refractivity contribution < 1.29 is 9.32 Å². The van der Waals surface area contributed by atoms with Crippen molar-refractivity contribution in [3.05, 3.63) is 64.4 Å². The second kappa shape index (κ2) is 6.92. The second-order valence-corrected chi connectivity index (χ2v) is 7.57. The lowest BCUT2D eigenvalue weighted by Gasteiger charge is -2.11. The Morgan fingerprint density at radius 3 is 2.58 bits per heavy atom. The van der Waals surface area contributed by atoms with E-state index in [2.05, 4.69) is 15.5 Å². The first-order valence-corrected chi connectivity index (χ1v) is 8.64. The predicted molar refractivity (Wildman–Crippen MR) is 103 cm³/mol. The van der Waals surface area contributed by atoms with Crippen LogP contribution in [0.15, 0.2) is 47.0 Å². The molecule has 0 fully saturated rings. The van der Waals surface area contributed by atoms with Crippen LogP contribution in [0, 0.1) is 6.92 Å². The fourth-order valence-corrected chi connectivity index (χ4v) is 2.60. The quantitative estimate of drug-likeness (QED) is 0.684. The van der Waals surface area contributed by atoms with Gasteiger partial charge in [-0.25, -0.2) is 0 Å². The summed E-state index contributed by atoms with van der Waals surface area (Å²) in [6, 6.07) is 12.5. The van der Waals surface area contributed by atoms with E-state index in [4.69, 9.17) is 16.1 Å². The SMILES string of the molecule is Cc1ccc(Cl)cc1NC(=O)c1ccccc1-c1nc(C(C)(C)C)no1. The van der Waals surface area contributed by atoms with Crippen LogP contribution in [0.25, 0.3) is 11.5 Å². The number of carbonyl (C=O) groups excluding carboxylic acids is 1. The summed E-state index contributed by atoms with van der Waals surface area (Å²) in [6.07, 6.45) is 0. The molecule has 0 aliphatic carbocycles. The van der Waals surface area contributed by atoms with E-state index in [1.807, 2.05) is 39.8 Å². The van der Waals surface area contributed by atoms with E-state index >= 15 is 0 Å². The summed E-state index contributed by atoms with van der Waals surface area (Å²) < 4.78 is 5.40. The van der Waals surface area contributed by atoms with E-state index in [1.54, 1.807) is 30.3 Å². The van der Waals surface area contributed by atoms with Crippen LogP contribution in [0.1, 0.15) is 42.5 Å². The van der Waals surface area contributed by atoms with Crippen molar-refractivity contribution in [2.45, 2.75) is 33.1 Å². The van der Waals surface area contributed by atoms with E-state index in [0.29, 0.717) is 33.6 Å². The Morgan fingerprint density at radius 2 is 1.88 bits per heavy atom. The first kappa shape index (κ1) is 18.1. The zero-order valence-electron chi connectivity index (χ0n) is 15.1. The van der Waals surface area contributed by atoms with Gasteiger partial charge in [-0.2, -0.15) is 4.98 Å². The lowest BCUT2D eigenvalue weighted by molar-refractivity contribution is 0.102. The largest absolute Gasteiger partial charge is 0.334 e. The molecule has 5 nitrogen and oxygen atoms in total. The molecule has 26 heavy (non-hydrogen) atoms. The van der Waals surface area contributed by atoms with Gasteiger partial charge in [0, 0.05) is 16.1 Å². The predicted octanol–water partition coefficient (Wildman–Crippen LogP) is 5.25. The lowest BCUT2D eigenvalue weighted by atomic mass is 9.96. The van der Waals surface area contributed by atoms with Gasteiger partial charge in [-0.1, -0.05) is 55.7 Å². The number of rotatable bonds is 3. The molecule has 0 spiro atoms. The number of halogens is 1. The molecular weight excluding hydrogens is 350 g/mol. The van der Waals surface area contributed by atoms with Crippen LogP contribution in [-0.2, 0) is 5.41 Å². The van der Waals surface area contributed by atoms with Gasteiger partial charge >= 0.3 is 0 Å². The van der Waals surface area contributed by atoms with Gasteiger partial charge in [0.15, 0.2) is 5.82 Å². The number of hydrogen-bond donors (Lipinski definition) is 1. The molecule has 134 valence electrons. The monoisotopic (exact) mass is 369 g/mol. The Morgan fingerprint density at radius 1 is 1.15 bits per heavy atom. The number of anilines is 1. The number of carbonyl (C=O) groups is 1. The van der Waals surface area contributed by atoms with E-state index in [9.17, 15) is 4.79 Å². The first-order chi connectivity index (χ1) is 12.3. The summed E-state index contributed by atoms with van der Waals surface area (Å²) >= 11 is 6.03. The zero-order chi connectivity index (χ0) is 18.9. The third-order valence-corrected chi connectivity index (χ3v) is 4.18. The molecule has 1 heterocycles. The number of nitrogens with one attached hydrogen (secondary N) is 1. The summed E-state index contributed by atoms with van der Waals surface area (Å²) in [7, 11) is 0. The highest BCUT2D eigenvalue weighted by atomic mass is 35.5. The third kappa shape index (κ3) is 3.78. The highest BCUT2D eigenvalue weighted by molar-refractivity contribution is 6.31. The van der Waals surface area contributed by atoms with Crippen LogP contribution in [0.5, 0.6) is 0 Å². The zero-order valence-corrected chi connectivity index (χ0v) is 15.9. The first-order valence-electron chi connectivity index (χ1n) is 8.27. The molecule has 0 saturated carbocycles. The topological polar surface area (TPSA) is 68.0 Å². The fraction of sp³-hybridized carbons (Fsp3) is 0.250. The van der Waals surface area contributed by atoms with E-state index in [0.717, 1.165) is 5.56 Å². The van der Waals surface area contributed by atoms with Gasteiger partial charge in [0.25, 0.3) is 11.8 Å².